The first-order chi connectivity index (χ1) is 14.0. The van der Waals surface area contributed by atoms with E-state index in [1.54, 1.807) is 25.1 Å². The smallest absolute Gasteiger partial charge is 0.329 e. The number of carbonyl (C=O) groups excluding carboxylic acids is 3. The Morgan fingerprint density at radius 2 is 1.90 bits per heavy atom. The maximum atomic E-state index is 13.2. The van der Waals surface area contributed by atoms with Crippen LogP contribution in [-0.2, 0) is 4.79 Å². The molecular formula is C21H21ClN4O3. The maximum Gasteiger partial charge on any atom is 0.329 e. The van der Waals surface area contributed by atoms with Crippen molar-refractivity contribution >= 4 is 35.0 Å². The van der Waals surface area contributed by atoms with E-state index in [1.165, 1.54) is 12.4 Å². The van der Waals surface area contributed by atoms with E-state index in [4.69, 9.17) is 11.6 Å². The monoisotopic (exact) mass is 412 g/mol. The van der Waals surface area contributed by atoms with Crippen molar-refractivity contribution in [3.63, 3.8) is 0 Å². The molecule has 1 fully saturated rings. The highest BCUT2D eigenvalue weighted by molar-refractivity contribution is 6.33. The number of halogens is 1. The Balaban J connectivity index is 1.66. The minimum absolute atomic E-state index is 0.0394. The van der Waals surface area contributed by atoms with Gasteiger partial charge < -0.3 is 5.32 Å². The number of nitrogens with one attached hydrogen (secondary N) is 1. The molecule has 0 bridgehead atoms. The van der Waals surface area contributed by atoms with Crippen molar-refractivity contribution in [3.05, 3.63) is 52.6 Å². The first kappa shape index (κ1) is 19.5. The molecule has 1 N–H and O–H groups in total. The molecule has 3 amide bonds. The van der Waals surface area contributed by atoms with E-state index in [2.05, 4.69) is 15.3 Å². The average molecular weight is 413 g/mol. The van der Waals surface area contributed by atoms with Crippen LogP contribution in [0, 0.1) is 6.92 Å². The van der Waals surface area contributed by atoms with Crippen molar-refractivity contribution < 1.29 is 14.4 Å². The van der Waals surface area contributed by atoms with E-state index in [1.807, 2.05) is 0 Å². The highest BCUT2D eigenvalue weighted by Gasteiger charge is 2.45. The fourth-order valence-corrected chi connectivity index (χ4v) is 4.14. The molecule has 1 unspecified atom stereocenters. The van der Waals surface area contributed by atoms with Crippen LogP contribution < -0.4 is 10.2 Å². The number of hydrogen-bond donors (Lipinski definition) is 1. The highest BCUT2D eigenvalue weighted by atomic mass is 35.5. The Morgan fingerprint density at radius 3 is 2.59 bits per heavy atom. The van der Waals surface area contributed by atoms with Gasteiger partial charge in [-0.3, -0.25) is 14.6 Å². The van der Waals surface area contributed by atoms with Crippen LogP contribution >= 0.6 is 11.6 Å². The first-order valence-electron chi connectivity index (χ1n) is 9.72. The molecule has 0 spiro atoms. The van der Waals surface area contributed by atoms with Gasteiger partial charge in [-0.15, -0.1) is 0 Å². The van der Waals surface area contributed by atoms with E-state index in [0.717, 1.165) is 37.0 Å². The number of aryl methyl sites for hydroxylation is 1. The maximum absolute atomic E-state index is 13.2. The lowest BCUT2D eigenvalue weighted by atomic mass is 9.94. The molecule has 2 aliphatic rings. The van der Waals surface area contributed by atoms with Crippen molar-refractivity contribution in [1.82, 2.24) is 15.3 Å². The topological polar surface area (TPSA) is 92.3 Å². The van der Waals surface area contributed by atoms with Gasteiger partial charge >= 0.3 is 6.03 Å². The van der Waals surface area contributed by atoms with Crippen LogP contribution in [0.3, 0.4) is 0 Å². The van der Waals surface area contributed by atoms with Gasteiger partial charge in [-0.05, 0) is 43.5 Å². The van der Waals surface area contributed by atoms with Gasteiger partial charge in [0.05, 0.1) is 17.6 Å². The predicted octanol–water partition coefficient (Wildman–Crippen LogP) is 3.79. The van der Waals surface area contributed by atoms with Crippen molar-refractivity contribution in [2.24, 2.45) is 0 Å². The average Bonchev–Trinajstić information content (AvgIpc) is 2.99. The van der Waals surface area contributed by atoms with Crippen LogP contribution in [0.2, 0.25) is 5.02 Å². The third-order valence-electron chi connectivity index (χ3n) is 5.44. The lowest BCUT2D eigenvalue weighted by molar-refractivity contribution is -0.117. The predicted molar refractivity (Wildman–Crippen MR) is 108 cm³/mol. The summed E-state index contributed by atoms with van der Waals surface area (Å²) < 4.78 is 0. The van der Waals surface area contributed by atoms with Crippen LogP contribution in [0.15, 0.2) is 30.6 Å². The molecule has 2 aromatic rings. The standard InChI is InChI=1S/C21H21ClN4O3/c1-12-10-24-16(11-23-12)19(27)18-15-9-13(22)7-8-17(15)26(20(18)28)21(29)25-14-5-3-2-4-6-14/h7-11,14,18H,2-6H2,1H3,(H,25,29). The Hall–Kier alpha value is -2.80. The highest BCUT2D eigenvalue weighted by Crippen LogP contribution is 2.40. The number of rotatable bonds is 3. The number of Topliss-reactive ketones (excluding diaryl/α,β-unsaturated/α-hetero) is 1. The van der Waals surface area contributed by atoms with Gasteiger partial charge in [0.1, 0.15) is 11.6 Å². The number of nitrogens with zero attached hydrogens (tertiary/aromatic N) is 3. The number of carbonyl (C=O) groups is 3. The van der Waals surface area contributed by atoms with Crippen molar-refractivity contribution in [3.8, 4) is 0 Å². The molecular weight excluding hydrogens is 392 g/mol. The molecule has 1 aliphatic carbocycles. The fourth-order valence-electron chi connectivity index (χ4n) is 3.96. The molecule has 1 aromatic heterocycles. The Kier molecular flexibility index (Phi) is 5.32. The Morgan fingerprint density at radius 1 is 1.14 bits per heavy atom. The van der Waals surface area contributed by atoms with E-state index < -0.39 is 23.6 Å². The third kappa shape index (κ3) is 3.74. The van der Waals surface area contributed by atoms with Crippen LogP contribution in [-0.4, -0.2) is 33.7 Å². The molecule has 8 heteroatoms. The second kappa shape index (κ2) is 7.91. The summed E-state index contributed by atoms with van der Waals surface area (Å²) in [6.45, 7) is 1.76. The molecule has 7 nitrogen and oxygen atoms in total. The number of benzene rings is 1. The van der Waals surface area contributed by atoms with E-state index in [-0.39, 0.29) is 11.7 Å². The van der Waals surface area contributed by atoms with Gasteiger partial charge in [-0.1, -0.05) is 30.9 Å². The van der Waals surface area contributed by atoms with Crippen LogP contribution in [0.4, 0.5) is 10.5 Å². The molecule has 0 radical (unpaired) electrons. The molecule has 1 atom stereocenters. The number of imide groups is 1. The summed E-state index contributed by atoms with van der Waals surface area (Å²) >= 11 is 6.12. The number of urea groups is 1. The summed E-state index contributed by atoms with van der Waals surface area (Å²) in [4.78, 5) is 48.5. The quantitative estimate of drug-likeness (QED) is 0.611. The minimum Gasteiger partial charge on any atom is -0.335 e. The number of hydrogen-bond acceptors (Lipinski definition) is 5. The SMILES string of the molecule is Cc1cnc(C(=O)C2C(=O)N(C(=O)NC3CCCCC3)c3ccc(Cl)cc32)cn1. The Bertz CT molecular complexity index is 970. The van der Waals surface area contributed by atoms with E-state index in [9.17, 15) is 14.4 Å². The summed E-state index contributed by atoms with van der Waals surface area (Å²) in [5.74, 6) is -2.26. The first-order valence-corrected chi connectivity index (χ1v) is 10.1. The lowest BCUT2D eigenvalue weighted by Gasteiger charge is -2.25. The van der Waals surface area contributed by atoms with Gasteiger partial charge in [0, 0.05) is 17.3 Å². The zero-order valence-corrected chi connectivity index (χ0v) is 16.8. The summed E-state index contributed by atoms with van der Waals surface area (Å²) in [6, 6.07) is 4.30. The fraction of sp³-hybridized carbons (Fsp3) is 0.381. The zero-order valence-electron chi connectivity index (χ0n) is 16.0. The van der Waals surface area contributed by atoms with Crippen LogP contribution in [0.5, 0.6) is 0 Å². The van der Waals surface area contributed by atoms with E-state index in [0.29, 0.717) is 22.0 Å². The zero-order chi connectivity index (χ0) is 20.5. The normalized spacial score (nSPS) is 19.2. The number of amides is 3. The molecule has 1 aliphatic heterocycles. The molecule has 2 heterocycles. The molecule has 0 saturated heterocycles. The van der Waals surface area contributed by atoms with Crippen molar-refractivity contribution in [2.75, 3.05) is 4.90 Å². The van der Waals surface area contributed by atoms with Gasteiger partial charge in [-0.25, -0.2) is 14.7 Å². The second-order valence-corrected chi connectivity index (χ2v) is 7.94. The molecule has 4 rings (SSSR count). The van der Waals surface area contributed by atoms with Gasteiger partial charge in [-0.2, -0.15) is 0 Å². The van der Waals surface area contributed by atoms with Gasteiger partial charge in [0.25, 0.3) is 5.91 Å². The minimum atomic E-state index is -1.17. The summed E-state index contributed by atoms with van der Waals surface area (Å²) in [5, 5.41) is 3.34. The number of fused-ring (bicyclic) bond motifs is 1. The van der Waals surface area contributed by atoms with Gasteiger partial charge in [0.15, 0.2) is 5.78 Å². The lowest BCUT2D eigenvalue weighted by Crippen LogP contribution is -2.47. The number of ketones is 1. The largest absolute Gasteiger partial charge is 0.335 e. The summed E-state index contributed by atoms with van der Waals surface area (Å²) in [7, 11) is 0. The molecule has 150 valence electrons. The Labute approximate surface area is 173 Å². The van der Waals surface area contributed by atoms with Crippen molar-refractivity contribution in [1.29, 1.82) is 0 Å². The number of aromatic nitrogens is 2. The van der Waals surface area contributed by atoms with Crippen molar-refractivity contribution in [2.45, 2.75) is 51.0 Å². The molecule has 1 saturated carbocycles. The molecule has 29 heavy (non-hydrogen) atoms. The van der Waals surface area contributed by atoms with Crippen LogP contribution in [0.25, 0.3) is 0 Å². The van der Waals surface area contributed by atoms with Crippen LogP contribution in [0.1, 0.15) is 59.8 Å². The second-order valence-electron chi connectivity index (χ2n) is 7.50. The summed E-state index contributed by atoms with van der Waals surface area (Å²) in [5.41, 5.74) is 1.53. The van der Waals surface area contributed by atoms with E-state index >= 15 is 0 Å². The van der Waals surface area contributed by atoms with Gasteiger partial charge in [0.2, 0.25) is 0 Å². The summed E-state index contributed by atoms with van der Waals surface area (Å²) in [6.07, 6.45) is 7.87. The number of anilines is 1. The third-order valence-corrected chi connectivity index (χ3v) is 5.68. The molecule has 1 aromatic carbocycles.